The zero-order valence-corrected chi connectivity index (χ0v) is 20.9. The van der Waals surface area contributed by atoms with Gasteiger partial charge in [0.25, 0.3) is 0 Å². The Kier molecular flexibility index (Phi) is 7.50. The van der Waals surface area contributed by atoms with Gasteiger partial charge in [-0.3, -0.25) is 19.6 Å². The Morgan fingerprint density at radius 1 is 1.05 bits per heavy atom. The van der Waals surface area contributed by atoms with E-state index in [0.717, 1.165) is 0 Å². The molecule has 0 radical (unpaired) electrons. The summed E-state index contributed by atoms with van der Waals surface area (Å²) < 4.78 is 28.3. The van der Waals surface area contributed by atoms with Crippen molar-refractivity contribution in [1.29, 1.82) is 0 Å². The SMILES string of the molecule is COc1cc(C(=O)c2nn(Cc3ccc([N+](=O)[O-])o3)c3c(C#CCO)c(OC)ccc23)cc(OC)c1OC. The van der Waals surface area contributed by atoms with E-state index in [0.29, 0.717) is 28.0 Å². The summed E-state index contributed by atoms with van der Waals surface area (Å²) in [5.41, 5.74) is 1.08. The van der Waals surface area contributed by atoms with Crippen LogP contribution in [0.3, 0.4) is 0 Å². The number of hydrogen-bond acceptors (Lipinski definition) is 10. The average molecular weight is 521 g/mol. The molecule has 38 heavy (non-hydrogen) atoms. The molecule has 12 nitrogen and oxygen atoms in total. The molecule has 4 rings (SSSR count). The van der Waals surface area contributed by atoms with Crippen LogP contribution in [-0.4, -0.2) is 60.6 Å². The number of methoxy groups -OCH3 is 4. The number of carbonyl (C=O) groups excluding carboxylic acids is 1. The van der Waals surface area contributed by atoms with E-state index in [-0.39, 0.29) is 35.1 Å². The molecule has 1 N–H and O–H groups in total. The topological polar surface area (TPSA) is 148 Å². The van der Waals surface area contributed by atoms with E-state index in [4.69, 9.17) is 23.4 Å². The average Bonchev–Trinajstić information content (AvgIpc) is 3.55. The Morgan fingerprint density at radius 2 is 1.74 bits per heavy atom. The maximum Gasteiger partial charge on any atom is 0.433 e. The summed E-state index contributed by atoms with van der Waals surface area (Å²) >= 11 is 0. The number of benzene rings is 2. The summed E-state index contributed by atoms with van der Waals surface area (Å²) in [6.07, 6.45) is 0. The van der Waals surface area contributed by atoms with Gasteiger partial charge in [0.15, 0.2) is 11.5 Å². The van der Waals surface area contributed by atoms with E-state index in [1.807, 2.05) is 0 Å². The first-order valence-corrected chi connectivity index (χ1v) is 11.1. The van der Waals surface area contributed by atoms with Crippen LogP contribution in [0.2, 0.25) is 0 Å². The summed E-state index contributed by atoms with van der Waals surface area (Å²) in [6, 6.07) is 9.01. The van der Waals surface area contributed by atoms with Gasteiger partial charge >= 0.3 is 5.88 Å². The molecular formula is C26H23N3O9. The van der Waals surface area contributed by atoms with Crippen LogP contribution >= 0.6 is 0 Å². The minimum Gasteiger partial charge on any atom is -0.495 e. The summed E-state index contributed by atoms with van der Waals surface area (Å²) in [7, 11) is 5.80. The predicted molar refractivity (Wildman–Crippen MR) is 134 cm³/mol. The molecule has 0 unspecified atom stereocenters. The highest BCUT2D eigenvalue weighted by Crippen LogP contribution is 2.39. The van der Waals surface area contributed by atoms with E-state index >= 15 is 0 Å². The van der Waals surface area contributed by atoms with E-state index in [2.05, 4.69) is 16.9 Å². The molecule has 0 saturated heterocycles. The lowest BCUT2D eigenvalue weighted by molar-refractivity contribution is -0.402. The van der Waals surface area contributed by atoms with Crippen molar-refractivity contribution in [3.05, 3.63) is 69.1 Å². The number of furan rings is 1. The summed E-state index contributed by atoms with van der Waals surface area (Å²) in [5, 5.41) is 25.4. The predicted octanol–water partition coefficient (Wildman–Crippen LogP) is 3.20. The number of rotatable bonds is 9. The molecule has 2 aromatic carbocycles. The highest BCUT2D eigenvalue weighted by Gasteiger charge is 2.26. The quantitative estimate of drug-likeness (QED) is 0.151. The number of aliphatic hydroxyl groups is 1. The van der Waals surface area contributed by atoms with Crippen molar-refractivity contribution in [3.63, 3.8) is 0 Å². The summed E-state index contributed by atoms with van der Waals surface area (Å²) in [5.74, 6) is 6.10. The molecule has 0 fully saturated rings. The van der Waals surface area contributed by atoms with Crippen LogP contribution in [0.25, 0.3) is 10.9 Å². The Bertz CT molecular complexity index is 1570. The number of nitrogens with zero attached hydrogens (tertiary/aromatic N) is 3. The minimum atomic E-state index is -0.648. The Balaban J connectivity index is 1.94. The molecule has 0 aliphatic heterocycles. The third-order valence-electron chi connectivity index (χ3n) is 5.66. The molecule has 0 bridgehead atoms. The minimum absolute atomic E-state index is 0.0478. The van der Waals surface area contributed by atoms with Crippen LogP contribution in [0.4, 0.5) is 5.88 Å². The number of ketones is 1. The highest BCUT2D eigenvalue weighted by molar-refractivity contribution is 6.16. The van der Waals surface area contributed by atoms with Crippen LogP contribution in [0.5, 0.6) is 23.0 Å². The van der Waals surface area contributed by atoms with Gasteiger partial charge in [0.1, 0.15) is 28.7 Å². The number of fused-ring (bicyclic) bond motifs is 1. The van der Waals surface area contributed by atoms with Gasteiger partial charge in [-0.2, -0.15) is 5.10 Å². The molecule has 2 heterocycles. The molecule has 0 aliphatic carbocycles. The lowest BCUT2D eigenvalue weighted by Gasteiger charge is -2.13. The monoisotopic (exact) mass is 521 g/mol. The molecule has 0 saturated carbocycles. The van der Waals surface area contributed by atoms with E-state index in [1.54, 1.807) is 12.1 Å². The van der Waals surface area contributed by atoms with Crippen molar-refractivity contribution >= 4 is 22.6 Å². The van der Waals surface area contributed by atoms with Gasteiger partial charge in [0.05, 0.1) is 52.1 Å². The Morgan fingerprint density at radius 3 is 2.29 bits per heavy atom. The van der Waals surface area contributed by atoms with Crippen molar-refractivity contribution in [3.8, 4) is 34.8 Å². The number of aliphatic hydroxyl groups excluding tert-OH is 1. The number of hydrogen-bond donors (Lipinski definition) is 1. The first kappa shape index (κ1) is 26.1. The fourth-order valence-corrected chi connectivity index (χ4v) is 4.00. The van der Waals surface area contributed by atoms with Gasteiger partial charge in [-0.05, 0) is 30.3 Å². The standard InChI is InChI=1S/C26H23N3O9/c1-34-19-9-8-18-23(25(31)15-12-20(35-2)26(37-4)21(13-15)36-3)27-28(24(18)17(19)6-5-11-30)14-16-7-10-22(38-16)29(32)33/h7-10,12-13,30H,11,14H2,1-4H3. The Hall–Kier alpha value is -5.02. The van der Waals surface area contributed by atoms with Gasteiger partial charge in [-0.15, -0.1) is 0 Å². The zero-order valence-electron chi connectivity index (χ0n) is 20.9. The van der Waals surface area contributed by atoms with Crippen molar-refractivity contribution in [1.82, 2.24) is 9.78 Å². The second-order valence-electron chi connectivity index (χ2n) is 7.75. The van der Waals surface area contributed by atoms with E-state index < -0.39 is 23.2 Å². The molecule has 2 aromatic heterocycles. The molecule has 0 aliphatic rings. The number of nitro groups is 1. The Labute approximate surface area is 216 Å². The van der Waals surface area contributed by atoms with Gasteiger partial charge in [-0.25, -0.2) is 0 Å². The van der Waals surface area contributed by atoms with Crippen molar-refractivity contribution < 1.29 is 38.2 Å². The summed E-state index contributed by atoms with van der Waals surface area (Å²) in [6.45, 7) is -0.455. The number of aromatic nitrogens is 2. The molecule has 196 valence electrons. The van der Waals surface area contributed by atoms with Crippen LogP contribution < -0.4 is 18.9 Å². The van der Waals surface area contributed by atoms with Crippen LogP contribution in [0.15, 0.2) is 40.8 Å². The lowest BCUT2D eigenvalue weighted by Crippen LogP contribution is -2.07. The first-order valence-electron chi connectivity index (χ1n) is 11.1. The van der Waals surface area contributed by atoms with Crippen molar-refractivity contribution in [2.24, 2.45) is 0 Å². The van der Waals surface area contributed by atoms with Gasteiger partial charge in [-0.1, -0.05) is 11.8 Å². The van der Waals surface area contributed by atoms with Crippen LogP contribution in [0.1, 0.15) is 27.4 Å². The molecule has 0 amide bonds. The van der Waals surface area contributed by atoms with Gasteiger partial charge in [0, 0.05) is 10.9 Å². The smallest absolute Gasteiger partial charge is 0.433 e. The van der Waals surface area contributed by atoms with Gasteiger partial charge in [0.2, 0.25) is 11.5 Å². The molecular weight excluding hydrogens is 498 g/mol. The van der Waals surface area contributed by atoms with Crippen LogP contribution in [0, 0.1) is 22.0 Å². The first-order chi connectivity index (χ1) is 18.4. The summed E-state index contributed by atoms with van der Waals surface area (Å²) in [4.78, 5) is 24.2. The fraction of sp³-hybridized carbons (Fsp3) is 0.231. The number of ether oxygens (including phenoxy) is 4. The van der Waals surface area contributed by atoms with Crippen molar-refractivity contribution in [2.75, 3.05) is 35.0 Å². The normalized spacial score (nSPS) is 10.6. The lowest BCUT2D eigenvalue weighted by atomic mass is 10.0. The largest absolute Gasteiger partial charge is 0.495 e. The fourth-order valence-electron chi connectivity index (χ4n) is 4.00. The second-order valence-corrected chi connectivity index (χ2v) is 7.75. The maximum absolute atomic E-state index is 13.8. The number of carbonyl (C=O) groups is 1. The molecule has 12 heteroatoms. The third kappa shape index (κ3) is 4.70. The zero-order chi connectivity index (χ0) is 27.4. The molecule has 4 aromatic rings. The second kappa shape index (κ2) is 10.9. The van der Waals surface area contributed by atoms with Gasteiger partial charge < -0.3 is 28.5 Å². The molecule has 0 atom stereocenters. The van der Waals surface area contributed by atoms with Crippen molar-refractivity contribution in [2.45, 2.75) is 6.54 Å². The highest BCUT2D eigenvalue weighted by atomic mass is 16.6. The van der Waals surface area contributed by atoms with Crippen LogP contribution in [-0.2, 0) is 6.54 Å². The van der Waals surface area contributed by atoms with E-state index in [9.17, 15) is 20.0 Å². The maximum atomic E-state index is 13.8. The van der Waals surface area contributed by atoms with E-state index in [1.165, 1.54) is 57.4 Å². The molecule has 0 spiro atoms. The third-order valence-corrected chi connectivity index (χ3v) is 5.66.